The van der Waals surface area contributed by atoms with Crippen LogP contribution in [0.4, 0.5) is 5.69 Å². The van der Waals surface area contributed by atoms with Crippen LogP contribution in [0.25, 0.3) is 0 Å². The molecule has 0 bridgehead atoms. The lowest BCUT2D eigenvalue weighted by Crippen LogP contribution is -2.51. The van der Waals surface area contributed by atoms with Gasteiger partial charge in [0.1, 0.15) is 17.4 Å². The van der Waals surface area contributed by atoms with Gasteiger partial charge >= 0.3 is 0 Å². The first-order chi connectivity index (χ1) is 14.0. The van der Waals surface area contributed by atoms with Crippen molar-refractivity contribution in [3.8, 4) is 5.75 Å². The van der Waals surface area contributed by atoms with Crippen molar-refractivity contribution >= 4 is 21.6 Å². The fraction of sp³-hybridized carbons (Fsp3) is 0.435. The third kappa shape index (κ3) is 4.78. The predicted octanol–water partition coefficient (Wildman–Crippen LogP) is 3.96. The van der Waals surface area contributed by atoms with E-state index in [0.717, 1.165) is 23.1 Å². The van der Waals surface area contributed by atoms with Crippen LogP contribution < -0.4 is 14.4 Å². The Labute approximate surface area is 179 Å². The van der Waals surface area contributed by atoms with E-state index in [1.54, 1.807) is 18.2 Å². The Morgan fingerprint density at radius 3 is 2.57 bits per heavy atom. The van der Waals surface area contributed by atoms with E-state index in [1.807, 2.05) is 58.0 Å². The van der Waals surface area contributed by atoms with Crippen molar-refractivity contribution in [2.24, 2.45) is 0 Å². The Morgan fingerprint density at radius 1 is 1.23 bits per heavy atom. The zero-order chi connectivity index (χ0) is 22.1. The summed E-state index contributed by atoms with van der Waals surface area (Å²) in [5.41, 5.74) is 1.88. The molecule has 2 aromatic carbocycles. The molecule has 162 valence electrons. The summed E-state index contributed by atoms with van der Waals surface area (Å²) in [5.74, 6) is 0.424. The molecular weight excluding hydrogens is 400 g/mol. The lowest BCUT2D eigenvalue weighted by Gasteiger charge is -2.39. The number of ether oxygens (including phenoxy) is 1. The molecule has 2 aromatic rings. The number of rotatable bonds is 6. The van der Waals surface area contributed by atoms with Gasteiger partial charge < -0.3 is 10.1 Å². The first kappa shape index (κ1) is 22.2. The minimum Gasteiger partial charge on any atom is -0.487 e. The quantitative estimate of drug-likeness (QED) is 0.753. The zero-order valence-corrected chi connectivity index (χ0v) is 19.0. The third-order valence-corrected chi connectivity index (χ3v) is 6.46. The Morgan fingerprint density at radius 2 is 1.93 bits per heavy atom. The molecule has 6 nitrogen and oxygen atoms in total. The number of para-hydroxylation sites is 1. The van der Waals surface area contributed by atoms with Gasteiger partial charge in [0.25, 0.3) is 0 Å². The Kier molecular flexibility index (Phi) is 6.13. The summed E-state index contributed by atoms with van der Waals surface area (Å²) in [7, 11) is -3.67. The summed E-state index contributed by atoms with van der Waals surface area (Å²) in [4.78, 5) is 13.4. The van der Waals surface area contributed by atoms with Crippen LogP contribution in [0, 0.1) is 6.92 Å². The molecule has 0 aliphatic carbocycles. The molecule has 1 amide bonds. The molecule has 0 spiro atoms. The van der Waals surface area contributed by atoms with Gasteiger partial charge in [-0.25, -0.2) is 8.42 Å². The van der Waals surface area contributed by atoms with E-state index in [9.17, 15) is 13.2 Å². The highest BCUT2D eigenvalue weighted by atomic mass is 32.2. The number of aryl methyl sites for hydroxylation is 1. The van der Waals surface area contributed by atoms with Crippen molar-refractivity contribution < 1.29 is 17.9 Å². The molecule has 7 heteroatoms. The highest BCUT2D eigenvalue weighted by Gasteiger charge is 2.37. The summed E-state index contributed by atoms with van der Waals surface area (Å²) in [6.45, 7) is 7.68. The lowest BCUT2D eigenvalue weighted by atomic mass is 9.89. The fourth-order valence-corrected chi connectivity index (χ4v) is 5.23. The molecule has 3 rings (SSSR count). The minimum absolute atomic E-state index is 0.259. The molecule has 0 aromatic heterocycles. The topological polar surface area (TPSA) is 75.7 Å². The average Bonchev–Trinajstić information content (AvgIpc) is 2.63. The number of nitrogens with one attached hydrogen (secondary N) is 1. The van der Waals surface area contributed by atoms with E-state index in [0.29, 0.717) is 18.5 Å². The molecule has 0 saturated carbocycles. The average molecular weight is 431 g/mol. The third-order valence-electron chi connectivity index (χ3n) is 5.28. The summed E-state index contributed by atoms with van der Waals surface area (Å²) in [5, 5.41) is 3.09. The fourth-order valence-electron chi connectivity index (χ4n) is 4.02. The van der Waals surface area contributed by atoms with Crippen molar-refractivity contribution in [3.63, 3.8) is 0 Å². The molecule has 1 N–H and O–H groups in total. The van der Waals surface area contributed by atoms with Gasteiger partial charge in [-0.05, 0) is 51.0 Å². The normalized spacial score (nSPS) is 18.6. The number of benzene rings is 2. The molecule has 2 atom stereocenters. The van der Waals surface area contributed by atoms with Gasteiger partial charge in [-0.1, -0.05) is 37.3 Å². The van der Waals surface area contributed by atoms with Crippen LogP contribution in [0.3, 0.4) is 0 Å². The summed E-state index contributed by atoms with van der Waals surface area (Å²) in [6, 6.07) is 13.7. The van der Waals surface area contributed by atoms with Gasteiger partial charge in [0.2, 0.25) is 15.9 Å². The number of fused-ring (bicyclic) bond motifs is 1. The Hall–Kier alpha value is -2.54. The zero-order valence-electron chi connectivity index (χ0n) is 18.2. The van der Waals surface area contributed by atoms with E-state index in [-0.39, 0.29) is 11.9 Å². The second-order valence-electron chi connectivity index (χ2n) is 8.49. The summed E-state index contributed by atoms with van der Waals surface area (Å²) in [6.07, 6.45) is 2.08. The molecular formula is C23H30N2O4S. The van der Waals surface area contributed by atoms with Crippen LogP contribution in [0.2, 0.25) is 0 Å². The van der Waals surface area contributed by atoms with Gasteiger partial charge in [-0.15, -0.1) is 0 Å². The van der Waals surface area contributed by atoms with E-state index in [1.165, 1.54) is 4.31 Å². The number of sulfonamides is 1. The van der Waals surface area contributed by atoms with Crippen LogP contribution in [0.5, 0.6) is 5.75 Å². The largest absolute Gasteiger partial charge is 0.487 e. The number of nitrogens with zero attached hydrogens (tertiary/aromatic N) is 1. The molecule has 1 aliphatic rings. The van der Waals surface area contributed by atoms with Gasteiger partial charge in [0.15, 0.2) is 0 Å². The highest BCUT2D eigenvalue weighted by Crippen LogP contribution is 2.39. The van der Waals surface area contributed by atoms with Crippen LogP contribution in [0.15, 0.2) is 48.5 Å². The maximum Gasteiger partial charge on any atom is 0.244 e. The first-order valence-corrected chi connectivity index (χ1v) is 12.0. The SMILES string of the molecule is CC[C@H](C(=O)N[C@H]1CC(C)(C)Oc2ccccc21)N(c1cccc(C)c1)S(C)(=O)=O. The molecule has 1 heterocycles. The Bertz CT molecular complexity index is 1030. The van der Waals surface area contributed by atoms with E-state index in [4.69, 9.17) is 4.74 Å². The number of hydrogen-bond acceptors (Lipinski definition) is 4. The minimum atomic E-state index is -3.67. The number of carbonyl (C=O) groups is 1. The smallest absolute Gasteiger partial charge is 0.244 e. The van der Waals surface area contributed by atoms with Crippen LogP contribution in [-0.2, 0) is 14.8 Å². The number of anilines is 1. The van der Waals surface area contributed by atoms with Gasteiger partial charge in [0.05, 0.1) is 18.0 Å². The second-order valence-corrected chi connectivity index (χ2v) is 10.3. The predicted molar refractivity (Wildman–Crippen MR) is 119 cm³/mol. The van der Waals surface area contributed by atoms with Crippen molar-refractivity contribution in [1.82, 2.24) is 5.32 Å². The van der Waals surface area contributed by atoms with Crippen LogP contribution in [-0.4, -0.2) is 32.2 Å². The standard InChI is InChI=1S/C23H30N2O4S/c1-6-20(25(30(5,27)28)17-11-9-10-16(2)14-17)22(26)24-19-15-23(3,4)29-21-13-8-7-12-18(19)21/h7-14,19-20H,6,15H2,1-5H3,(H,24,26)/t19-,20+/m0/s1. The highest BCUT2D eigenvalue weighted by molar-refractivity contribution is 7.92. The maximum absolute atomic E-state index is 13.4. The van der Waals surface area contributed by atoms with Gasteiger partial charge in [0, 0.05) is 12.0 Å². The molecule has 0 radical (unpaired) electrons. The van der Waals surface area contributed by atoms with Crippen LogP contribution >= 0.6 is 0 Å². The summed E-state index contributed by atoms with van der Waals surface area (Å²) < 4.78 is 32.6. The Balaban J connectivity index is 1.94. The van der Waals surface area contributed by atoms with Crippen molar-refractivity contribution in [3.05, 3.63) is 59.7 Å². The molecule has 0 fully saturated rings. The molecule has 0 saturated heterocycles. The first-order valence-electron chi connectivity index (χ1n) is 10.2. The molecule has 30 heavy (non-hydrogen) atoms. The van der Waals surface area contributed by atoms with Gasteiger partial charge in [-0.3, -0.25) is 9.10 Å². The van der Waals surface area contributed by atoms with Crippen molar-refractivity contribution in [1.29, 1.82) is 0 Å². The van der Waals surface area contributed by atoms with E-state index in [2.05, 4.69) is 5.32 Å². The maximum atomic E-state index is 13.4. The van der Waals surface area contributed by atoms with E-state index < -0.39 is 21.7 Å². The number of carbonyl (C=O) groups excluding carboxylic acids is 1. The molecule has 1 aliphatic heterocycles. The van der Waals surface area contributed by atoms with Crippen LogP contribution in [0.1, 0.15) is 50.8 Å². The number of hydrogen-bond donors (Lipinski definition) is 1. The van der Waals surface area contributed by atoms with Crippen molar-refractivity contribution in [2.75, 3.05) is 10.6 Å². The lowest BCUT2D eigenvalue weighted by molar-refractivity contribution is -0.123. The number of amides is 1. The van der Waals surface area contributed by atoms with Gasteiger partial charge in [-0.2, -0.15) is 0 Å². The second kappa shape index (κ2) is 8.30. The molecule has 0 unspecified atom stereocenters. The van der Waals surface area contributed by atoms with Crippen molar-refractivity contribution in [2.45, 2.75) is 58.2 Å². The van der Waals surface area contributed by atoms with E-state index >= 15 is 0 Å². The monoisotopic (exact) mass is 430 g/mol. The summed E-state index contributed by atoms with van der Waals surface area (Å²) >= 11 is 0.